The first-order valence-electron chi connectivity index (χ1n) is 26.4. The van der Waals surface area contributed by atoms with Crippen LogP contribution in [0.25, 0.3) is 0 Å². The molecule has 0 aliphatic carbocycles. The van der Waals surface area contributed by atoms with E-state index < -0.39 is 145 Å². The molecular weight excluding hydrogens is 1210 g/mol. The second-order valence-corrected chi connectivity index (χ2v) is 21.5. The number of hydrogen-bond acceptors (Lipinski definition) is 13. The summed E-state index contributed by atoms with van der Waals surface area (Å²) in [4.78, 5) is 97.9. The second-order valence-electron chi connectivity index (χ2n) is 21.5. The van der Waals surface area contributed by atoms with Crippen LogP contribution < -0.4 is 36.1 Å². The zero-order chi connectivity index (χ0) is 65.8. The summed E-state index contributed by atoms with van der Waals surface area (Å²) in [5.74, 6) is -14.4. The highest BCUT2D eigenvalue weighted by Crippen LogP contribution is 2.48. The highest BCUT2D eigenvalue weighted by molar-refractivity contribution is 5.98. The number of esters is 2. The van der Waals surface area contributed by atoms with Gasteiger partial charge in [0.25, 0.3) is 29.6 Å². The maximum Gasteiger partial charge on any atom is 0.405 e. The third-order valence-corrected chi connectivity index (χ3v) is 14.3. The van der Waals surface area contributed by atoms with Crippen LogP contribution in [0, 0.1) is 24.7 Å². The molecule has 4 aromatic rings. The fourth-order valence-electron chi connectivity index (χ4n) is 9.17. The number of carboxylic acid groups (broad SMARTS) is 1. The molecule has 5 amide bonds. The van der Waals surface area contributed by atoms with Crippen LogP contribution in [-0.4, -0.2) is 154 Å². The Morgan fingerprint density at radius 3 is 1.33 bits per heavy atom. The number of ether oxygens (including phenoxy) is 2. The Morgan fingerprint density at radius 2 is 0.978 bits per heavy atom. The van der Waals surface area contributed by atoms with Gasteiger partial charge in [0.15, 0.2) is 12.2 Å². The number of carboxylic acids is 1. The molecule has 500 valence electrons. The number of carbonyl (C=O) groups excluding carboxylic acids is 7. The van der Waals surface area contributed by atoms with E-state index in [4.69, 9.17) is 14.6 Å². The molecule has 2 unspecified atom stereocenters. The lowest BCUT2D eigenvalue weighted by Crippen LogP contribution is -2.58. The summed E-state index contributed by atoms with van der Waals surface area (Å²) in [6.45, 7) is 4.30. The largest absolute Gasteiger partial charge is 0.479 e. The van der Waals surface area contributed by atoms with Crippen molar-refractivity contribution >= 4 is 47.4 Å². The van der Waals surface area contributed by atoms with E-state index >= 15 is 8.78 Å². The van der Waals surface area contributed by atoms with Crippen molar-refractivity contribution in [3.63, 3.8) is 0 Å². The fraction of sp³-hybridized carbons (Fsp3) is 0.475. The molecule has 0 spiro atoms. The van der Waals surface area contributed by atoms with Gasteiger partial charge in [0, 0.05) is 36.1 Å². The molecule has 6 rings (SSSR count). The molecule has 6 atom stereocenters. The van der Waals surface area contributed by atoms with Gasteiger partial charge in [-0.2, -0.15) is 26.3 Å². The Bertz CT molecular complexity index is 3110. The maximum atomic E-state index is 15.0. The molecule has 90 heavy (non-hydrogen) atoms. The van der Waals surface area contributed by atoms with E-state index in [0.717, 1.165) is 33.3 Å². The van der Waals surface area contributed by atoms with Crippen molar-refractivity contribution in [2.24, 2.45) is 10.8 Å². The van der Waals surface area contributed by atoms with Crippen molar-refractivity contribution in [3.05, 3.63) is 130 Å². The lowest BCUT2D eigenvalue weighted by Gasteiger charge is -2.34. The number of nitrogens with one attached hydrogen (secondary N) is 5. The van der Waals surface area contributed by atoms with Crippen molar-refractivity contribution in [2.75, 3.05) is 26.2 Å². The number of aliphatic hydroxyl groups is 2. The van der Waals surface area contributed by atoms with Crippen LogP contribution in [0.4, 0.5) is 43.9 Å². The maximum absolute atomic E-state index is 15.0. The van der Waals surface area contributed by atoms with E-state index in [1.165, 1.54) is 45.0 Å². The van der Waals surface area contributed by atoms with E-state index in [9.17, 15) is 83.7 Å². The van der Waals surface area contributed by atoms with Gasteiger partial charge in [-0.25, -0.2) is 22.4 Å². The van der Waals surface area contributed by atoms with Crippen molar-refractivity contribution in [3.8, 4) is 11.5 Å². The van der Waals surface area contributed by atoms with Crippen molar-refractivity contribution in [2.45, 2.75) is 151 Å². The highest BCUT2D eigenvalue weighted by Gasteiger charge is 2.65. The van der Waals surface area contributed by atoms with Gasteiger partial charge in [0.2, 0.25) is 11.8 Å². The molecule has 2 fully saturated rings. The van der Waals surface area contributed by atoms with Crippen LogP contribution in [-0.2, 0) is 41.6 Å². The zero-order valence-electron chi connectivity index (χ0n) is 48.1. The molecule has 4 aromatic carbocycles. The first-order valence-corrected chi connectivity index (χ1v) is 26.4. The summed E-state index contributed by atoms with van der Waals surface area (Å²) in [6.07, 6.45) is -13.4. The van der Waals surface area contributed by atoms with Crippen molar-refractivity contribution < 1.29 is 107 Å². The molecular formula is C61H78F10N6O13. The van der Waals surface area contributed by atoms with Gasteiger partial charge in [0.1, 0.15) is 30.6 Å². The van der Waals surface area contributed by atoms with Crippen LogP contribution >= 0.6 is 0 Å². The summed E-state index contributed by atoms with van der Waals surface area (Å²) < 4.78 is 141. The standard InChI is InChI=1S/C29H32F5N3O6.C20H21NO6.C9H13F5N2O.3CH4/c1-16-19(11-8-12-21(16)43-17(2)38)24(40)36-20(13-18-9-6-5-7-10-18)22(39)26(42)37-15-28(30,31)27(3,4)23(37)25(41)35-14-29(32,33)34;1-12-15(9-6-10-17(12)27-13(2)22)19(24)21-16(18(23)20(25)26)11-14-7-4-3-5-8-14;1-7(2)5(15-3-8(7,10)11)6(17)16-4-9(12,13)14;;;/h5-12,20,22-23,39H,13-15H2,1-4H3,(H,35,41)(H,36,40);3-10,16,18,23H,11H2,1-2H3,(H,21,24)(H,25,26);5,15H,3-4H2,1-2H3,(H,16,17);3*1H4/t20-,22-,23?;16-,18-;;;;/m00..../s1. The summed E-state index contributed by atoms with van der Waals surface area (Å²) in [7, 11) is 0. The Kier molecular flexibility index (Phi) is 28.9. The predicted octanol–water partition coefficient (Wildman–Crippen LogP) is 8.09. The quantitative estimate of drug-likeness (QED) is 0.0266. The Labute approximate surface area is 514 Å². The second kappa shape index (κ2) is 32.5. The van der Waals surface area contributed by atoms with Crippen molar-refractivity contribution in [1.29, 1.82) is 0 Å². The smallest absolute Gasteiger partial charge is 0.405 e. The normalized spacial score (nSPS) is 17.9. The molecule has 8 N–H and O–H groups in total. The number of benzene rings is 4. The first kappa shape index (κ1) is 79.8. The van der Waals surface area contributed by atoms with Crippen LogP contribution in [0.2, 0.25) is 0 Å². The van der Waals surface area contributed by atoms with Crippen LogP contribution in [0.15, 0.2) is 97.1 Å². The Balaban J connectivity index is 0.000000736. The van der Waals surface area contributed by atoms with E-state index in [2.05, 4.69) is 16.0 Å². The number of nitrogens with zero attached hydrogens (tertiary/aromatic N) is 1. The van der Waals surface area contributed by atoms with Gasteiger partial charge in [-0.15, -0.1) is 0 Å². The average molecular weight is 1290 g/mol. The zero-order valence-corrected chi connectivity index (χ0v) is 48.1. The van der Waals surface area contributed by atoms with Gasteiger partial charge < -0.3 is 51.0 Å². The minimum Gasteiger partial charge on any atom is -0.479 e. The number of likely N-dealkylation sites (tertiary alicyclic amines) is 1. The minimum atomic E-state index is -4.84. The van der Waals surface area contributed by atoms with E-state index in [0.29, 0.717) is 16.0 Å². The number of halogens is 10. The topological polar surface area (TPSA) is 279 Å². The van der Waals surface area contributed by atoms with Gasteiger partial charge in [-0.05, 0) is 62.1 Å². The van der Waals surface area contributed by atoms with Crippen molar-refractivity contribution in [1.82, 2.24) is 31.5 Å². The molecule has 2 aliphatic rings. The third kappa shape index (κ3) is 21.2. The van der Waals surface area contributed by atoms with E-state index in [1.54, 1.807) is 84.3 Å². The highest BCUT2D eigenvalue weighted by atomic mass is 19.4. The molecule has 29 heteroatoms. The molecule has 0 bridgehead atoms. The number of aliphatic carboxylic acids is 1. The van der Waals surface area contributed by atoms with Gasteiger partial charge in [-0.3, -0.25) is 38.9 Å². The Hall–Kier alpha value is -8.18. The summed E-state index contributed by atoms with van der Waals surface area (Å²) in [6, 6.07) is 20.3. The van der Waals surface area contributed by atoms with Gasteiger partial charge in [0.05, 0.1) is 42.0 Å². The molecule has 2 aliphatic heterocycles. The van der Waals surface area contributed by atoms with Crippen LogP contribution in [0.1, 0.15) is 107 Å². The molecule has 2 heterocycles. The number of carbonyl (C=O) groups is 8. The third-order valence-electron chi connectivity index (χ3n) is 14.3. The predicted molar refractivity (Wildman–Crippen MR) is 310 cm³/mol. The summed E-state index contributed by atoms with van der Waals surface area (Å²) in [5, 5.41) is 40.9. The summed E-state index contributed by atoms with van der Waals surface area (Å²) >= 11 is 0. The van der Waals surface area contributed by atoms with E-state index in [1.807, 2.05) is 6.07 Å². The molecule has 0 saturated carbocycles. The number of alkyl halides is 10. The molecule has 19 nitrogen and oxygen atoms in total. The number of hydrogen-bond donors (Lipinski definition) is 8. The lowest BCUT2D eigenvalue weighted by molar-refractivity contribution is -0.151. The number of aliphatic hydroxyl groups excluding tert-OH is 2. The number of amides is 5. The molecule has 2 saturated heterocycles. The molecule has 0 aromatic heterocycles. The number of rotatable bonds is 18. The lowest BCUT2D eigenvalue weighted by atomic mass is 9.81. The van der Waals surface area contributed by atoms with E-state index in [-0.39, 0.29) is 63.3 Å². The SMILES string of the molecule is C.C.C.CC(=O)Oc1cccc(C(=O)N[C@@H](Cc2ccccc2)[C@H](O)C(=O)N2CC(F)(F)C(C)(C)C2C(=O)NCC(F)(F)F)c1C.CC(=O)Oc1cccc(C(=O)N[C@@H](Cc2ccccc2)[C@H](O)C(=O)O)c1C.CC1(C)C(C(=O)NCC(F)(F)F)NCC1(F)F. The fourth-order valence-corrected chi connectivity index (χ4v) is 9.17. The Morgan fingerprint density at radius 1 is 0.589 bits per heavy atom. The monoisotopic (exact) mass is 1290 g/mol. The average Bonchev–Trinajstić information content (AvgIpc) is 1.61. The van der Waals surface area contributed by atoms with Gasteiger partial charge in [-0.1, -0.05) is 123 Å². The van der Waals surface area contributed by atoms with Crippen LogP contribution in [0.3, 0.4) is 0 Å². The van der Waals surface area contributed by atoms with Crippen LogP contribution in [0.5, 0.6) is 11.5 Å². The van der Waals surface area contributed by atoms with Gasteiger partial charge >= 0.3 is 30.3 Å². The summed E-state index contributed by atoms with van der Waals surface area (Å²) in [5.41, 5.74) is -1.76. The first-order chi connectivity index (χ1) is 40.1. The minimum absolute atomic E-state index is 0. The molecule has 0 radical (unpaired) electrons.